The molecular weight excluding hydrogens is 308 g/mol. The average molecular weight is 339 g/mol. The van der Waals surface area contributed by atoms with Crippen molar-refractivity contribution in [1.82, 2.24) is 0 Å². The van der Waals surface area contributed by atoms with E-state index < -0.39 is 8.32 Å². The van der Waals surface area contributed by atoms with Gasteiger partial charge in [-0.3, -0.25) is 0 Å². The first-order valence-electron chi connectivity index (χ1n) is 8.78. The highest BCUT2D eigenvalue weighted by Gasteiger charge is 2.49. The SMILES string of the molecule is C/C=C(\C)CCO[Si](c1ccccc1)(c1ccccc1)C(C)(C)C. The molecule has 2 aromatic carbocycles. The Bertz CT molecular complexity index is 614. The van der Waals surface area contributed by atoms with Crippen molar-refractivity contribution < 1.29 is 4.43 Å². The summed E-state index contributed by atoms with van der Waals surface area (Å²) in [4.78, 5) is 0. The molecule has 0 atom stereocenters. The first-order chi connectivity index (χ1) is 11.4. The van der Waals surface area contributed by atoms with E-state index in [-0.39, 0.29) is 5.04 Å². The molecule has 0 amide bonds. The molecule has 0 heterocycles. The van der Waals surface area contributed by atoms with Crippen LogP contribution >= 0.6 is 0 Å². The van der Waals surface area contributed by atoms with E-state index in [0.29, 0.717) is 0 Å². The Morgan fingerprint density at radius 2 is 1.38 bits per heavy atom. The zero-order valence-corrected chi connectivity index (χ0v) is 16.7. The van der Waals surface area contributed by atoms with Crippen LogP contribution in [-0.4, -0.2) is 14.9 Å². The van der Waals surface area contributed by atoms with E-state index in [1.807, 2.05) is 0 Å². The second-order valence-corrected chi connectivity index (χ2v) is 11.7. The highest BCUT2D eigenvalue weighted by Crippen LogP contribution is 2.36. The molecule has 1 nitrogen and oxygen atoms in total. The second kappa shape index (κ2) is 7.95. The molecule has 0 unspecified atom stereocenters. The second-order valence-electron chi connectivity index (χ2n) is 7.40. The molecule has 0 spiro atoms. The number of benzene rings is 2. The molecule has 2 aromatic rings. The van der Waals surface area contributed by atoms with Crippen molar-refractivity contribution >= 4 is 18.7 Å². The number of hydrogen-bond donors (Lipinski definition) is 0. The van der Waals surface area contributed by atoms with Crippen LogP contribution in [0.3, 0.4) is 0 Å². The lowest BCUT2D eigenvalue weighted by Crippen LogP contribution is -2.66. The lowest BCUT2D eigenvalue weighted by atomic mass is 10.2. The fourth-order valence-corrected chi connectivity index (χ4v) is 7.83. The summed E-state index contributed by atoms with van der Waals surface area (Å²) in [7, 11) is -2.36. The Morgan fingerprint density at radius 1 is 0.917 bits per heavy atom. The summed E-state index contributed by atoms with van der Waals surface area (Å²) in [6, 6.07) is 21.7. The Labute approximate surface area is 148 Å². The predicted molar refractivity (Wildman–Crippen MR) is 108 cm³/mol. The van der Waals surface area contributed by atoms with E-state index >= 15 is 0 Å². The van der Waals surface area contributed by atoms with Crippen LogP contribution in [0.5, 0.6) is 0 Å². The van der Waals surface area contributed by atoms with Crippen molar-refractivity contribution in [2.45, 2.75) is 46.1 Å². The molecule has 24 heavy (non-hydrogen) atoms. The zero-order chi connectivity index (χ0) is 17.6. The largest absolute Gasteiger partial charge is 0.407 e. The smallest absolute Gasteiger partial charge is 0.261 e. The normalized spacial score (nSPS) is 13.1. The third-order valence-electron chi connectivity index (χ3n) is 4.72. The molecule has 0 aromatic heterocycles. The minimum atomic E-state index is -2.36. The highest BCUT2D eigenvalue weighted by atomic mass is 28.4. The van der Waals surface area contributed by atoms with Gasteiger partial charge in [-0.15, -0.1) is 0 Å². The summed E-state index contributed by atoms with van der Waals surface area (Å²) < 4.78 is 6.84. The fourth-order valence-electron chi connectivity index (χ4n) is 3.27. The maximum absolute atomic E-state index is 6.84. The summed E-state index contributed by atoms with van der Waals surface area (Å²) in [5.41, 5.74) is 1.38. The minimum absolute atomic E-state index is 0.0551. The Morgan fingerprint density at radius 3 is 1.75 bits per heavy atom. The van der Waals surface area contributed by atoms with Gasteiger partial charge >= 0.3 is 0 Å². The Kier molecular flexibility index (Phi) is 6.19. The average Bonchev–Trinajstić information content (AvgIpc) is 2.59. The van der Waals surface area contributed by atoms with Crippen LogP contribution in [0.15, 0.2) is 72.3 Å². The summed E-state index contributed by atoms with van der Waals surface area (Å²) in [5.74, 6) is 0. The molecule has 2 heteroatoms. The van der Waals surface area contributed by atoms with Crippen LogP contribution in [0.4, 0.5) is 0 Å². The third kappa shape index (κ3) is 3.88. The molecule has 0 aliphatic carbocycles. The standard InChI is InChI=1S/C22H30OSi/c1-6-19(2)17-18-23-24(22(3,4)5,20-13-9-7-10-14-20)21-15-11-8-12-16-21/h6-16H,17-18H2,1-5H3/b19-6+. The lowest BCUT2D eigenvalue weighted by Gasteiger charge is -2.43. The molecule has 0 saturated carbocycles. The van der Waals surface area contributed by atoms with E-state index in [0.717, 1.165) is 13.0 Å². The van der Waals surface area contributed by atoms with Crippen molar-refractivity contribution in [2.24, 2.45) is 0 Å². The van der Waals surface area contributed by atoms with Crippen LogP contribution in [0.2, 0.25) is 5.04 Å². The number of hydrogen-bond acceptors (Lipinski definition) is 1. The van der Waals surface area contributed by atoms with Gasteiger partial charge < -0.3 is 4.43 Å². The quantitative estimate of drug-likeness (QED) is 0.536. The maximum Gasteiger partial charge on any atom is 0.261 e. The van der Waals surface area contributed by atoms with Gasteiger partial charge in [0.1, 0.15) is 0 Å². The first kappa shape index (κ1) is 18.7. The van der Waals surface area contributed by atoms with Crippen molar-refractivity contribution in [2.75, 3.05) is 6.61 Å². The zero-order valence-electron chi connectivity index (χ0n) is 15.7. The predicted octanol–water partition coefficient (Wildman–Crippen LogP) is 4.92. The molecule has 0 bridgehead atoms. The monoisotopic (exact) mass is 338 g/mol. The van der Waals surface area contributed by atoms with Gasteiger partial charge in [-0.1, -0.05) is 93.1 Å². The molecule has 2 rings (SSSR count). The van der Waals surface area contributed by atoms with E-state index in [2.05, 4.69) is 101 Å². The van der Waals surface area contributed by atoms with Gasteiger partial charge in [-0.05, 0) is 35.7 Å². The van der Waals surface area contributed by atoms with Crippen LogP contribution < -0.4 is 10.4 Å². The third-order valence-corrected chi connectivity index (χ3v) is 9.77. The van der Waals surface area contributed by atoms with Gasteiger partial charge in [-0.2, -0.15) is 0 Å². The minimum Gasteiger partial charge on any atom is -0.407 e. The van der Waals surface area contributed by atoms with Gasteiger partial charge in [0.05, 0.1) is 0 Å². The molecular formula is C22H30OSi. The molecule has 0 aliphatic heterocycles. The van der Waals surface area contributed by atoms with E-state index in [9.17, 15) is 0 Å². The van der Waals surface area contributed by atoms with Gasteiger partial charge in [0.15, 0.2) is 0 Å². The van der Waals surface area contributed by atoms with Gasteiger partial charge in [0, 0.05) is 6.61 Å². The van der Waals surface area contributed by atoms with Crippen molar-refractivity contribution in [3.63, 3.8) is 0 Å². The Hall–Kier alpha value is -1.64. The Balaban J connectivity index is 2.53. The van der Waals surface area contributed by atoms with E-state index in [1.54, 1.807) is 0 Å². The number of rotatable bonds is 6. The maximum atomic E-state index is 6.84. The van der Waals surface area contributed by atoms with E-state index in [4.69, 9.17) is 4.43 Å². The summed E-state index contributed by atoms with van der Waals surface area (Å²) in [5, 5.41) is 2.75. The van der Waals surface area contributed by atoms with E-state index in [1.165, 1.54) is 15.9 Å². The molecule has 0 N–H and O–H groups in total. The summed E-state index contributed by atoms with van der Waals surface area (Å²) in [6.45, 7) is 12.0. The molecule has 0 aliphatic rings. The molecule has 0 saturated heterocycles. The van der Waals surface area contributed by atoms with Gasteiger partial charge in [0.2, 0.25) is 0 Å². The summed E-state index contributed by atoms with van der Waals surface area (Å²) >= 11 is 0. The van der Waals surface area contributed by atoms with Gasteiger partial charge in [-0.25, -0.2) is 0 Å². The number of allylic oxidation sites excluding steroid dienone is 1. The van der Waals surface area contributed by atoms with Crippen LogP contribution in [0, 0.1) is 0 Å². The molecule has 0 radical (unpaired) electrons. The van der Waals surface area contributed by atoms with Crippen molar-refractivity contribution in [1.29, 1.82) is 0 Å². The highest BCUT2D eigenvalue weighted by molar-refractivity contribution is 6.99. The fraction of sp³-hybridized carbons (Fsp3) is 0.364. The topological polar surface area (TPSA) is 9.23 Å². The first-order valence-corrected chi connectivity index (χ1v) is 10.7. The van der Waals surface area contributed by atoms with Crippen molar-refractivity contribution in [3.8, 4) is 0 Å². The van der Waals surface area contributed by atoms with Crippen LogP contribution in [-0.2, 0) is 4.43 Å². The van der Waals surface area contributed by atoms with Crippen LogP contribution in [0.1, 0.15) is 41.0 Å². The lowest BCUT2D eigenvalue weighted by molar-refractivity contribution is 0.301. The summed E-state index contributed by atoms with van der Waals surface area (Å²) in [6.07, 6.45) is 3.16. The van der Waals surface area contributed by atoms with Crippen LogP contribution in [0.25, 0.3) is 0 Å². The molecule has 0 fully saturated rings. The van der Waals surface area contributed by atoms with Crippen molar-refractivity contribution in [3.05, 3.63) is 72.3 Å². The molecule has 128 valence electrons. The van der Waals surface area contributed by atoms with Gasteiger partial charge in [0.25, 0.3) is 8.32 Å².